The first-order valence-electron chi connectivity index (χ1n) is 7.16. The first-order valence-corrected chi connectivity index (χ1v) is 7.16. The van der Waals surface area contributed by atoms with E-state index >= 15 is 0 Å². The van der Waals surface area contributed by atoms with Gasteiger partial charge in [-0.25, -0.2) is 4.68 Å². The highest BCUT2D eigenvalue weighted by molar-refractivity contribution is 4.92. The Bertz CT molecular complexity index is 371. The lowest BCUT2D eigenvalue weighted by Gasteiger charge is -2.34. The van der Waals surface area contributed by atoms with E-state index in [-0.39, 0.29) is 6.61 Å². The van der Waals surface area contributed by atoms with Gasteiger partial charge in [0.25, 0.3) is 0 Å². The van der Waals surface area contributed by atoms with E-state index in [1.807, 2.05) is 6.20 Å². The third-order valence-electron chi connectivity index (χ3n) is 3.75. The number of piperidine rings is 1. The summed E-state index contributed by atoms with van der Waals surface area (Å²) in [7, 11) is 0. The number of nitrogens with one attached hydrogen (secondary N) is 1. The highest BCUT2D eigenvalue weighted by Crippen LogP contribution is 2.13. The third kappa shape index (κ3) is 4.26. The zero-order valence-electron chi connectivity index (χ0n) is 11.9. The number of hydrogen-bond acceptors (Lipinski definition) is 5. The lowest BCUT2D eigenvalue weighted by Crippen LogP contribution is -2.44. The van der Waals surface area contributed by atoms with Crippen LogP contribution in [0.2, 0.25) is 0 Å². The molecule has 0 aromatic carbocycles. The van der Waals surface area contributed by atoms with Crippen LogP contribution in [-0.2, 0) is 13.1 Å². The smallest absolute Gasteiger partial charge is 0.0964 e. The van der Waals surface area contributed by atoms with Crippen molar-refractivity contribution in [2.45, 2.75) is 51.9 Å². The Labute approximate surface area is 114 Å². The molecule has 0 aliphatic carbocycles. The molecule has 1 aliphatic heterocycles. The Morgan fingerprint density at radius 3 is 2.79 bits per heavy atom. The van der Waals surface area contributed by atoms with Gasteiger partial charge in [-0.3, -0.25) is 0 Å². The van der Waals surface area contributed by atoms with Gasteiger partial charge in [0.05, 0.1) is 18.8 Å². The van der Waals surface area contributed by atoms with Crippen molar-refractivity contribution in [3.63, 3.8) is 0 Å². The molecular formula is C13H25N5O. The Morgan fingerprint density at radius 1 is 1.42 bits per heavy atom. The van der Waals surface area contributed by atoms with Crippen molar-refractivity contribution in [1.82, 2.24) is 25.2 Å². The molecule has 1 aliphatic rings. The van der Waals surface area contributed by atoms with Gasteiger partial charge in [0.2, 0.25) is 0 Å². The third-order valence-corrected chi connectivity index (χ3v) is 3.75. The maximum Gasteiger partial charge on any atom is 0.0964 e. The van der Waals surface area contributed by atoms with Gasteiger partial charge in [0.1, 0.15) is 0 Å². The van der Waals surface area contributed by atoms with Crippen molar-refractivity contribution in [2.75, 3.05) is 19.7 Å². The van der Waals surface area contributed by atoms with Gasteiger partial charge in [-0.05, 0) is 39.8 Å². The second kappa shape index (κ2) is 6.98. The minimum absolute atomic E-state index is 0.101. The summed E-state index contributed by atoms with van der Waals surface area (Å²) < 4.78 is 1.68. The fraction of sp³-hybridized carbons (Fsp3) is 0.846. The number of nitrogens with zero attached hydrogens (tertiary/aromatic N) is 4. The van der Waals surface area contributed by atoms with Crippen molar-refractivity contribution in [1.29, 1.82) is 0 Å². The number of hydrogen-bond donors (Lipinski definition) is 2. The molecule has 1 saturated heterocycles. The highest BCUT2D eigenvalue weighted by atomic mass is 16.3. The van der Waals surface area contributed by atoms with E-state index in [2.05, 4.69) is 34.4 Å². The second-order valence-corrected chi connectivity index (χ2v) is 5.48. The van der Waals surface area contributed by atoms with Crippen LogP contribution in [0.4, 0.5) is 0 Å². The minimum atomic E-state index is 0.101. The van der Waals surface area contributed by atoms with Crippen LogP contribution in [0.5, 0.6) is 0 Å². The molecule has 2 heterocycles. The average molecular weight is 267 g/mol. The van der Waals surface area contributed by atoms with E-state index in [0.717, 1.165) is 12.2 Å². The number of likely N-dealkylation sites (tertiary alicyclic amines) is 1. The largest absolute Gasteiger partial charge is 0.394 e. The summed E-state index contributed by atoms with van der Waals surface area (Å²) in [5.41, 5.74) is 0.944. The lowest BCUT2D eigenvalue weighted by molar-refractivity contribution is 0.160. The van der Waals surface area contributed by atoms with Gasteiger partial charge in [0.15, 0.2) is 0 Å². The highest BCUT2D eigenvalue weighted by Gasteiger charge is 2.20. The van der Waals surface area contributed by atoms with Gasteiger partial charge >= 0.3 is 0 Å². The van der Waals surface area contributed by atoms with Crippen LogP contribution >= 0.6 is 0 Å². The van der Waals surface area contributed by atoms with Crippen LogP contribution in [0.1, 0.15) is 32.4 Å². The SMILES string of the molecule is CC(C)N1CCC(NCc2cn(CCO)nn2)CC1. The van der Waals surface area contributed by atoms with Gasteiger partial charge in [-0.15, -0.1) is 5.10 Å². The number of aliphatic hydroxyl groups is 1. The molecule has 0 radical (unpaired) electrons. The minimum Gasteiger partial charge on any atom is -0.394 e. The molecule has 19 heavy (non-hydrogen) atoms. The van der Waals surface area contributed by atoms with Crippen molar-refractivity contribution in [2.24, 2.45) is 0 Å². The first kappa shape index (κ1) is 14.4. The van der Waals surface area contributed by atoms with Crippen molar-refractivity contribution >= 4 is 0 Å². The molecule has 0 atom stereocenters. The molecule has 6 nitrogen and oxygen atoms in total. The van der Waals surface area contributed by atoms with Gasteiger partial charge < -0.3 is 15.3 Å². The van der Waals surface area contributed by atoms with Crippen molar-refractivity contribution < 1.29 is 5.11 Å². The first-order chi connectivity index (χ1) is 9.19. The molecule has 0 amide bonds. The maximum atomic E-state index is 8.82. The van der Waals surface area contributed by atoms with E-state index in [9.17, 15) is 0 Å². The standard InChI is InChI=1S/C13H25N5O/c1-11(2)17-5-3-12(4-6-17)14-9-13-10-18(7-8-19)16-15-13/h10-12,14,19H,3-9H2,1-2H3. The molecule has 1 aromatic heterocycles. The van der Waals surface area contributed by atoms with Crippen LogP contribution in [0.3, 0.4) is 0 Å². The number of rotatable bonds is 6. The molecule has 1 fully saturated rings. The zero-order valence-corrected chi connectivity index (χ0v) is 11.9. The fourth-order valence-electron chi connectivity index (χ4n) is 2.50. The van der Waals surface area contributed by atoms with Crippen LogP contribution < -0.4 is 5.32 Å². The molecular weight excluding hydrogens is 242 g/mol. The molecule has 108 valence electrons. The van der Waals surface area contributed by atoms with Gasteiger partial charge in [-0.2, -0.15) is 0 Å². The predicted octanol–water partition coefficient (Wildman–Crippen LogP) is 0.233. The van der Waals surface area contributed by atoms with E-state index in [4.69, 9.17) is 5.11 Å². The van der Waals surface area contributed by atoms with Gasteiger partial charge in [-0.1, -0.05) is 5.21 Å². The monoisotopic (exact) mass is 267 g/mol. The van der Waals surface area contributed by atoms with Crippen LogP contribution in [-0.4, -0.2) is 56.8 Å². The fourth-order valence-corrected chi connectivity index (χ4v) is 2.50. The number of aromatic nitrogens is 3. The molecule has 0 bridgehead atoms. The molecule has 2 N–H and O–H groups in total. The maximum absolute atomic E-state index is 8.82. The average Bonchev–Trinajstić information content (AvgIpc) is 2.85. The molecule has 0 spiro atoms. The quantitative estimate of drug-likeness (QED) is 0.772. The molecule has 0 saturated carbocycles. The summed E-state index contributed by atoms with van der Waals surface area (Å²) in [5, 5.41) is 20.4. The van der Waals surface area contributed by atoms with Crippen LogP contribution in [0.25, 0.3) is 0 Å². The topological polar surface area (TPSA) is 66.2 Å². The Kier molecular flexibility index (Phi) is 5.30. The Morgan fingerprint density at radius 2 is 2.16 bits per heavy atom. The lowest BCUT2D eigenvalue weighted by atomic mass is 10.0. The Hall–Kier alpha value is -0.980. The van der Waals surface area contributed by atoms with Crippen molar-refractivity contribution in [3.8, 4) is 0 Å². The molecule has 2 rings (SSSR count). The molecule has 0 unspecified atom stereocenters. The van der Waals surface area contributed by atoms with Crippen molar-refractivity contribution in [3.05, 3.63) is 11.9 Å². The van der Waals surface area contributed by atoms with Gasteiger partial charge in [0, 0.05) is 24.8 Å². The Balaban J connectivity index is 1.71. The van der Waals surface area contributed by atoms with E-state index in [1.165, 1.54) is 25.9 Å². The number of aliphatic hydroxyl groups excluding tert-OH is 1. The molecule has 1 aromatic rings. The van der Waals surface area contributed by atoms with Crippen LogP contribution in [0, 0.1) is 0 Å². The normalized spacial score (nSPS) is 18.3. The van der Waals surface area contributed by atoms with E-state index in [1.54, 1.807) is 4.68 Å². The van der Waals surface area contributed by atoms with Crippen LogP contribution in [0.15, 0.2) is 6.20 Å². The predicted molar refractivity (Wildman–Crippen MR) is 73.7 cm³/mol. The van der Waals surface area contributed by atoms with E-state index < -0.39 is 0 Å². The second-order valence-electron chi connectivity index (χ2n) is 5.48. The summed E-state index contributed by atoms with van der Waals surface area (Å²) in [6, 6.07) is 1.23. The summed E-state index contributed by atoms with van der Waals surface area (Å²) in [6.07, 6.45) is 4.29. The summed E-state index contributed by atoms with van der Waals surface area (Å²) in [5.74, 6) is 0. The zero-order chi connectivity index (χ0) is 13.7. The van der Waals surface area contributed by atoms with E-state index in [0.29, 0.717) is 18.6 Å². The summed E-state index contributed by atoms with van der Waals surface area (Å²) in [6.45, 7) is 8.24. The molecule has 6 heteroatoms. The summed E-state index contributed by atoms with van der Waals surface area (Å²) in [4.78, 5) is 2.52. The summed E-state index contributed by atoms with van der Waals surface area (Å²) >= 11 is 0.